The third-order valence-electron chi connectivity index (χ3n) is 2.74. The molecule has 0 bridgehead atoms. The second-order valence-electron chi connectivity index (χ2n) is 7.00. The van der Waals surface area contributed by atoms with Crippen LogP contribution in [0.2, 0.25) is 0 Å². The van der Waals surface area contributed by atoms with Gasteiger partial charge in [0.15, 0.2) is 0 Å². The summed E-state index contributed by atoms with van der Waals surface area (Å²) >= 11 is 0. The van der Waals surface area contributed by atoms with Crippen molar-refractivity contribution in [3.8, 4) is 0 Å². The van der Waals surface area contributed by atoms with Crippen LogP contribution in [-0.4, -0.2) is 22.1 Å². The van der Waals surface area contributed by atoms with Gasteiger partial charge in [-0.05, 0) is 39.5 Å². The number of rotatable bonds is 5. The molecule has 4 heteroatoms. The summed E-state index contributed by atoms with van der Waals surface area (Å²) in [5.74, 6) is 1.60. The van der Waals surface area contributed by atoms with Crippen LogP contribution in [0.4, 0.5) is 11.8 Å². The molecule has 0 saturated carbocycles. The molecule has 0 aliphatic heterocycles. The molecule has 2 N–H and O–H groups in total. The summed E-state index contributed by atoms with van der Waals surface area (Å²) in [7, 11) is 0. The van der Waals surface area contributed by atoms with E-state index in [1.165, 1.54) is 0 Å². The van der Waals surface area contributed by atoms with Gasteiger partial charge in [0.25, 0.3) is 0 Å². The Hall–Kier alpha value is -1.32. The van der Waals surface area contributed by atoms with Crippen LogP contribution in [-0.2, 0) is 0 Å². The van der Waals surface area contributed by atoms with Gasteiger partial charge in [0.05, 0.1) is 0 Å². The summed E-state index contributed by atoms with van der Waals surface area (Å²) in [6.07, 6.45) is 2.93. The SMILES string of the molecule is CCNc1ncc(C)c(NC(C)(C)CC(C)(C)C)n1. The second-order valence-corrected chi connectivity index (χ2v) is 7.00. The molecule has 0 saturated heterocycles. The van der Waals surface area contributed by atoms with E-state index in [0.29, 0.717) is 5.95 Å². The maximum atomic E-state index is 4.54. The van der Waals surface area contributed by atoms with Crippen LogP contribution in [0.25, 0.3) is 0 Å². The summed E-state index contributed by atoms with van der Waals surface area (Å²) in [5, 5.41) is 6.70. The van der Waals surface area contributed by atoms with E-state index in [-0.39, 0.29) is 11.0 Å². The van der Waals surface area contributed by atoms with Crippen molar-refractivity contribution < 1.29 is 0 Å². The zero-order valence-corrected chi connectivity index (χ0v) is 13.4. The number of hydrogen-bond acceptors (Lipinski definition) is 4. The van der Waals surface area contributed by atoms with Crippen LogP contribution in [0.5, 0.6) is 0 Å². The highest BCUT2D eigenvalue weighted by molar-refractivity contribution is 5.48. The molecule has 4 nitrogen and oxygen atoms in total. The van der Waals surface area contributed by atoms with Gasteiger partial charge in [0, 0.05) is 23.8 Å². The molecular weight excluding hydrogens is 236 g/mol. The first kappa shape index (κ1) is 15.7. The van der Waals surface area contributed by atoms with E-state index in [9.17, 15) is 0 Å². The lowest BCUT2D eigenvalue weighted by Crippen LogP contribution is -2.36. The second kappa shape index (κ2) is 5.76. The van der Waals surface area contributed by atoms with E-state index in [1.54, 1.807) is 0 Å². The topological polar surface area (TPSA) is 49.8 Å². The first-order valence-corrected chi connectivity index (χ1v) is 6.99. The fourth-order valence-corrected chi connectivity index (χ4v) is 2.50. The van der Waals surface area contributed by atoms with Gasteiger partial charge in [-0.1, -0.05) is 20.8 Å². The molecule has 1 aromatic rings. The van der Waals surface area contributed by atoms with Gasteiger partial charge in [-0.15, -0.1) is 0 Å². The molecule has 1 heterocycles. The first-order chi connectivity index (χ1) is 8.63. The molecule has 1 rings (SSSR count). The van der Waals surface area contributed by atoms with Gasteiger partial charge in [-0.2, -0.15) is 4.98 Å². The molecule has 19 heavy (non-hydrogen) atoms. The Morgan fingerprint density at radius 3 is 2.32 bits per heavy atom. The Bertz CT molecular complexity index is 419. The van der Waals surface area contributed by atoms with E-state index in [2.05, 4.69) is 55.2 Å². The molecular formula is C15H28N4. The van der Waals surface area contributed by atoms with Gasteiger partial charge in [0.1, 0.15) is 5.82 Å². The van der Waals surface area contributed by atoms with Gasteiger partial charge >= 0.3 is 0 Å². The minimum atomic E-state index is 0.000841. The predicted molar refractivity (Wildman–Crippen MR) is 82.7 cm³/mol. The third kappa shape index (κ3) is 5.45. The molecule has 0 aromatic carbocycles. The van der Waals surface area contributed by atoms with Crippen molar-refractivity contribution in [2.45, 2.75) is 60.4 Å². The normalized spacial score (nSPS) is 12.4. The number of aryl methyl sites for hydroxylation is 1. The largest absolute Gasteiger partial charge is 0.365 e. The number of hydrogen-bond donors (Lipinski definition) is 2. The van der Waals surface area contributed by atoms with Crippen LogP contribution in [0.1, 0.15) is 53.5 Å². The molecule has 0 fully saturated rings. The standard InChI is InChI=1S/C15H28N4/c1-8-16-13-17-9-11(2)12(18-13)19-15(6,7)10-14(3,4)5/h9H,8,10H2,1-7H3,(H2,16,17,18,19). The van der Waals surface area contributed by atoms with Crippen molar-refractivity contribution in [2.75, 3.05) is 17.2 Å². The van der Waals surface area contributed by atoms with Crippen LogP contribution in [0.3, 0.4) is 0 Å². The molecule has 0 atom stereocenters. The van der Waals surface area contributed by atoms with E-state index in [4.69, 9.17) is 0 Å². The summed E-state index contributed by atoms with van der Waals surface area (Å²) in [6, 6.07) is 0. The Morgan fingerprint density at radius 2 is 1.79 bits per heavy atom. The lowest BCUT2D eigenvalue weighted by Gasteiger charge is -2.34. The first-order valence-electron chi connectivity index (χ1n) is 6.99. The maximum absolute atomic E-state index is 4.54. The summed E-state index contributed by atoms with van der Waals surface area (Å²) in [4.78, 5) is 8.81. The fraction of sp³-hybridized carbons (Fsp3) is 0.733. The highest BCUT2D eigenvalue weighted by atomic mass is 15.2. The molecule has 108 valence electrons. The number of nitrogens with zero attached hydrogens (tertiary/aromatic N) is 2. The van der Waals surface area contributed by atoms with Crippen molar-refractivity contribution >= 4 is 11.8 Å². The number of nitrogens with one attached hydrogen (secondary N) is 2. The zero-order chi connectivity index (χ0) is 14.7. The molecule has 0 radical (unpaired) electrons. The maximum Gasteiger partial charge on any atom is 0.224 e. The van der Waals surface area contributed by atoms with E-state index in [0.717, 1.165) is 24.3 Å². The Kier molecular flexibility index (Phi) is 4.77. The molecule has 0 aliphatic rings. The van der Waals surface area contributed by atoms with Crippen molar-refractivity contribution in [1.82, 2.24) is 9.97 Å². The summed E-state index contributed by atoms with van der Waals surface area (Å²) in [6.45, 7) is 16.1. The van der Waals surface area contributed by atoms with Crippen molar-refractivity contribution in [3.63, 3.8) is 0 Å². The van der Waals surface area contributed by atoms with Crippen LogP contribution in [0, 0.1) is 12.3 Å². The van der Waals surface area contributed by atoms with Crippen LogP contribution >= 0.6 is 0 Å². The van der Waals surface area contributed by atoms with E-state index < -0.39 is 0 Å². The van der Waals surface area contributed by atoms with Crippen LogP contribution < -0.4 is 10.6 Å². The van der Waals surface area contributed by atoms with Crippen molar-refractivity contribution in [1.29, 1.82) is 0 Å². The quantitative estimate of drug-likeness (QED) is 0.848. The Labute approximate surface area is 117 Å². The van der Waals surface area contributed by atoms with Crippen molar-refractivity contribution in [3.05, 3.63) is 11.8 Å². The van der Waals surface area contributed by atoms with E-state index >= 15 is 0 Å². The minimum Gasteiger partial charge on any atom is -0.365 e. The molecule has 0 amide bonds. The lowest BCUT2D eigenvalue weighted by atomic mass is 9.82. The summed E-state index contributed by atoms with van der Waals surface area (Å²) < 4.78 is 0. The summed E-state index contributed by atoms with van der Waals surface area (Å²) in [5.41, 5.74) is 1.35. The van der Waals surface area contributed by atoms with Gasteiger partial charge in [-0.25, -0.2) is 4.98 Å². The highest BCUT2D eigenvalue weighted by Crippen LogP contribution is 2.30. The van der Waals surface area contributed by atoms with E-state index in [1.807, 2.05) is 20.0 Å². The lowest BCUT2D eigenvalue weighted by molar-refractivity contribution is 0.302. The Balaban J connectivity index is 2.88. The molecule has 0 spiro atoms. The monoisotopic (exact) mass is 264 g/mol. The average molecular weight is 264 g/mol. The van der Waals surface area contributed by atoms with Gasteiger partial charge in [0.2, 0.25) is 5.95 Å². The van der Waals surface area contributed by atoms with Gasteiger partial charge in [-0.3, -0.25) is 0 Å². The zero-order valence-electron chi connectivity index (χ0n) is 13.4. The average Bonchev–Trinajstić information content (AvgIpc) is 2.19. The molecule has 0 unspecified atom stereocenters. The number of aromatic nitrogens is 2. The van der Waals surface area contributed by atoms with Gasteiger partial charge < -0.3 is 10.6 Å². The fourth-order valence-electron chi connectivity index (χ4n) is 2.50. The van der Waals surface area contributed by atoms with Crippen molar-refractivity contribution in [2.24, 2.45) is 5.41 Å². The highest BCUT2D eigenvalue weighted by Gasteiger charge is 2.26. The Morgan fingerprint density at radius 1 is 1.16 bits per heavy atom. The molecule has 1 aromatic heterocycles. The predicted octanol–water partition coefficient (Wildman–Crippen LogP) is 3.84. The number of anilines is 2. The smallest absolute Gasteiger partial charge is 0.224 e. The minimum absolute atomic E-state index is 0.000841. The molecule has 0 aliphatic carbocycles. The third-order valence-corrected chi connectivity index (χ3v) is 2.74. The van der Waals surface area contributed by atoms with Crippen LogP contribution in [0.15, 0.2) is 6.20 Å².